The number of methoxy groups -OCH3 is 2. The average Bonchev–Trinajstić information content (AvgIpc) is 2.53. The van der Waals surface area contributed by atoms with E-state index in [1.54, 1.807) is 13.0 Å². The molecule has 0 bridgehead atoms. The van der Waals surface area contributed by atoms with E-state index >= 15 is 0 Å². The van der Waals surface area contributed by atoms with Crippen LogP contribution in [0.2, 0.25) is 0 Å². The first kappa shape index (κ1) is 17.9. The second-order valence-electron chi connectivity index (χ2n) is 4.85. The second kappa shape index (κ2) is 7.43. The molecule has 1 aliphatic rings. The highest BCUT2D eigenvalue weighted by Gasteiger charge is 2.31. The van der Waals surface area contributed by atoms with Gasteiger partial charge in [0.25, 0.3) is 0 Å². The number of allylic oxidation sites excluding steroid dienone is 1. The maximum absolute atomic E-state index is 12.4. The number of ether oxygens (including phenoxy) is 3. The van der Waals surface area contributed by atoms with Crippen LogP contribution in [0.3, 0.4) is 0 Å². The largest absolute Gasteiger partial charge is 0.493 e. The predicted octanol–water partition coefficient (Wildman–Crippen LogP) is 2.26. The number of hydrogen-bond acceptors (Lipinski definition) is 5. The van der Waals surface area contributed by atoms with Crippen molar-refractivity contribution in [2.45, 2.75) is 19.6 Å². The number of alkyl halides is 2. The number of esters is 1. The van der Waals surface area contributed by atoms with Crippen LogP contribution < -0.4 is 20.1 Å². The molecule has 0 aromatic heterocycles. The van der Waals surface area contributed by atoms with E-state index in [0.29, 0.717) is 21.9 Å². The SMILES string of the molecule is COC(=O)C1=C(C)NC(=S)NC1c1ccc(OC(F)F)c(OC)c1. The average molecular weight is 358 g/mol. The van der Waals surface area contributed by atoms with Crippen LogP contribution in [-0.2, 0) is 9.53 Å². The molecule has 0 spiro atoms. The number of carbonyl (C=O) groups excluding carboxylic acids is 1. The molecular weight excluding hydrogens is 342 g/mol. The molecule has 24 heavy (non-hydrogen) atoms. The lowest BCUT2D eigenvalue weighted by Gasteiger charge is -2.29. The van der Waals surface area contributed by atoms with Crippen molar-refractivity contribution in [1.82, 2.24) is 10.6 Å². The molecule has 1 heterocycles. The summed E-state index contributed by atoms with van der Waals surface area (Å²) in [4.78, 5) is 12.1. The van der Waals surface area contributed by atoms with Gasteiger partial charge < -0.3 is 24.8 Å². The number of rotatable bonds is 5. The van der Waals surface area contributed by atoms with Crippen LogP contribution in [0.1, 0.15) is 18.5 Å². The molecule has 2 N–H and O–H groups in total. The third-order valence-electron chi connectivity index (χ3n) is 3.41. The van der Waals surface area contributed by atoms with E-state index < -0.39 is 18.6 Å². The van der Waals surface area contributed by atoms with Crippen LogP contribution >= 0.6 is 12.2 Å². The summed E-state index contributed by atoms with van der Waals surface area (Å²) in [5, 5.41) is 6.14. The molecule has 0 saturated carbocycles. The van der Waals surface area contributed by atoms with E-state index in [4.69, 9.17) is 21.7 Å². The summed E-state index contributed by atoms with van der Waals surface area (Å²) in [6.45, 7) is -1.28. The second-order valence-corrected chi connectivity index (χ2v) is 5.26. The van der Waals surface area contributed by atoms with E-state index in [0.717, 1.165) is 0 Å². The van der Waals surface area contributed by atoms with Crippen molar-refractivity contribution in [2.75, 3.05) is 14.2 Å². The molecule has 1 aromatic carbocycles. The number of nitrogens with one attached hydrogen (secondary N) is 2. The molecule has 1 unspecified atom stereocenters. The lowest BCUT2D eigenvalue weighted by Crippen LogP contribution is -2.45. The van der Waals surface area contributed by atoms with Gasteiger partial charge in [0.1, 0.15) is 0 Å². The van der Waals surface area contributed by atoms with Gasteiger partial charge in [-0.05, 0) is 36.8 Å². The smallest absolute Gasteiger partial charge is 0.387 e. The Morgan fingerprint density at radius 3 is 2.58 bits per heavy atom. The van der Waals surface area contributed by atoms with Crippen LogP contribution in [0.15, 0.2) is 29.5 Å². The zero-order valence-corrected chi connectivity index (χ0v) is 14.0. The molecule has 2 rings (SSSR count). The summed E-state index contributed by atoms with van der Waals surface area (Å²) in [7, 11) is 2.60. The summed E-state index contributed by atoms with van der Waals surface area (Å²) in [6, 6.07) is 3.78. The lowest BCUT2D eigenvalue weighted by molar-refractivity contribution is -0.136. The Labute approximate surface area is 142 Å². The van der Waals surface area contributed by atoms with Crippen LogP contribution in [0, 0.1) is 0 Å². The van der Waals surface area contributed by atoms with Crippen LogP contribution in [0.25, 0.3) is 0 Å². The lowest BCUT2D eigenvalue weighted by atomic mass is 9.95. The minimum atomic E-state index is -2.97. The van der Waals surface area contributed by atoms with Gasteiger partial charge in [-0.1, -0.05) is 6.07 Å². The van der Waals surface area contributed by atoms with Crippen LogP contribution in [-0.4, -0.2) is 31.9 Å². The van der Waals surface area contributed by atoms with Gasteiger partial charge in [0.2, 0.25) is 0 Å². The van der Waals surface area contributed by atoms with Crippen molar-refractivity contribution in [1.29, 1.82) is 0 Å². The highest BCUT2D eigenvalue weighted by atomic mass is 32.1. The minimum absolute atomic E-state index is 0.104. The summed E-state index contributed by atoms with van der Waals surface area (Å²) in [6.07, 6.45) is 0. The van der Waals surface area contributed by atoms with Crippen molar-refractivity contribution in [3.8, 4) is 11.5 Å². The third kappa shape index (κ3) is 3.73. The fraction of sp³-hybridized carbons (Fsp3) is 0.333. The first-order valence-electron chi connectivity index (χ1n) is 6.86. The zero-order valence-electron chi connectivity index (χ0n) is 13.2. The Morgan fingerprint density at radius 1 is 1.29 bits per heavy atom. The monoisotopic (exact) mass is 358 g/mol. The van der Waals surface area contributed by atoms with E-state index in [1.807, 2.05) is 0 Å². The fourth-order valence-corrected chi connectivity index (χ4v) is 2.65. The van der Waals surface area contributed by atoms with Gasteiger partial charge in [0, 0.05) is 5.70 Å². The maximum atomic E-state index is 12.4. The Bertz CT molecular complexity index is 694. The van der Waals surface area contributed by atoms with E-state index in [9.17, 15) is 13.6 Å². The summed E-state index contributed by atoms with van der Waals surface area (Å²) in [5.41, 5.74) is 1.45. The van der Waals surface area contributed by atoms with E-state index in [1.165, 1.54) is 26.4 Å². The number of carbonyl (C=O) groups is 1. The third-order valence-corrected chi connectivity index (χ3v) is 3.63. The maximum Gasteiger partial charge on any atom is 0.387 e. The van der Waals surface area contributed by atoms with Gasteiger partial charge in [0.05, 0.1) is 25.8 Å². The molecule has 0 radical (unpaired) electrons. The van der Waals surface area contributed by atoms with Gasteiger partial charge in [-0.15, -0.1) is 0 Å². The Morgan fingerprint density at radius 2 is 2.00 bits per heavy atom. The number of benzene rings is 1. The molecular formula is C15H16F2N2O4S. The predicted molar refractivity (Wildman–Crippen MR) is 86.0 cm³/mol. The molecule has 130 valence electrons. The van der Waals surface area contributed by atoms with Crippen molar-refractivity contribution in [3.05, 3.63) is 35.0 Å². The Hall–Kier alpha value is -2.42. The Kier molecular flexibility index (Phi) is 5.55. The molecule has 6 nitrogen and oxygen atoms in total. The molecule has 0 saturated heterocycles. The molecule has 1 aromatic rings. The first-order valence-corrected chi connectivity index (χ1v) is 7.27. The molecule has 9 heteroatoms. The number of thiocarbonyl (C=S) groups is 1. The molecule has 0 fully saturated rings. The van der Waals surface area contributed by atoms with Gasteiger partial charge in [0.15, 0.2) is 16.6 Å². The van der Waals surface area contributed by atoms with E-state index in [2.05, 4.69) is 15.4 Å². The van der Waals surface area contributed by atoms with Crippen LogP contribution in [0.4, 0.5) is 8.78 Å². The van der Waals surface area contributed by atoms with Crippen molar-refractivity contribution >= 4 is 23.3 Å². The highest BCUT2D eigenvalue weighted by molar-refractivity contribution is 7.80. The fourth-order valence-electron chi connectivity index (χ4n) is 2.38. The quantitative estimate of drug-likeness (QED) is 0.618. The molecule has 0 amide bonds. The molecule has 1 aliphatic heterocycles. The minimum Gasteiger partial charge on any atom is -0.493 e. The van der Waals surface area contributed by atoms with Gasteiger partial charge >= 0.3 is 12.6 Å². The van der Waals surface area contributed by atoms with Gasteiger partial charge in [-0.3, -0.25) is 0 Å². The number of halogens is 2. The normalized spacial score (nSPS) is 17.2. The molecule has 0 aliphatic carbocycles. The highest BCUT2D eigenvalue weighted by Crippen LogP contribution is 2.35. The van der Waals surface area contributed by atoms with E-state index in [-0.39, 0.29) is 11.5 Å². The Balaban J connectivity index is 2.46. The molecule has 1 atom stereocenters. The zero-order chi connectivity index (χ0) is 17.9. The summed E-state index contributed by atoms with van der Waals surface area (Å²) < 4.78 is 39.1. The summed E-state index contributed by atoms with van der Waals surface area (Å²) in [5.74, 6) is -0.527. The van der Waals surface area contributed by atoms with Crippen molar-refractivity contribution < 1.29 is 27.8 Å². The van der Waals surface area contributed by atoms with Crippen LogP contribution in [0.5, 0.6) is 11.5 Å². The van der Waals surface area contributed by atoms with Gasteiger partial charge in [-0.25, -0.2) is 4.79 Å². The van der Waals surface area contributed by atoms with Crippen molar-refractivity contribution in [3.63, 3.8) is 0 Å². The first-order chi connectivity index (χ1) is 11.4. The van der Waals surface area contributed by atoms with Gasteiger partial charge in [-0.2, -0.15) is 8.78 Å². The van der Waals surface area contributed by atoms with Crippen molar-refractivity contribution in [2.24, 2.45) is 0 Å². The summed E-state index contributed by atoms with van der Waals surface area (Å²) >= 11 is 5.12. The standard InChI is InChI=1S/C15H16F2N2O4S/c1-7-11(13(20)22-3)12(19-15(24)18-7)8-4-5-9(23-14(16)17)10(6-8)21-2/h4-6,12,14H,1-3H3,(H2,18,19,24). The topological polar surface area (TPSA) is 68.8 Å². The number of hydrogen-bond donors (Lipinski definition) is 2.